The van der Waals surface area contributed by atoms with Gasteiger partial charge in [0, 0.05) is 50.7 Å². The van der Waals surface area contributed by atoms with Crippen LogP contribution in [0.3, 0.4) is 0 Å². The van der Waals surface area contributed by atoms with Gasteiger partial charge in [-0.25, -0.2) is 0 Å². The van der Waals surface area contributed by atoms with Gasteiger partial charge in [-0.05, 0) is 118 Å². The second-order valence-electron chi connectivity index (χ2n) is 16.8. The Morgan fingerprint density at radius 2 is 0.800 bits per heavy atom. The van der Waals surface area contributed by atoms with Gasteiger partial charge >= 0.3 is 0 Å². The van der Waals surface area contributed by atoms with Crippen LogP contribution in [0.15, 0.2) is 251 Å². The van der Waals surface area contributed by atoms with Gasteiger partial charge in [-0.3, -0.25) is 0 Å². The highest BCUT2D eigenvalue weighted by molar-refractivity contribution is 6.14. The van der Waals surface area contributed by atoms with Gasteiger partial charge in [-0.2, -0.15) is 0 Å². The van der Waals surface area contributed by atoms with Crippen LogP contribution in [-0.2, 0) is 5.41 Å². The van der Waals surface area contributed by atoms with Crippen molar-refractivity contribution in [1.29, 1.82) is 0 Å². The number of hydrogen-bond donors (Lipinski definition) is 0. The van der Waals surface area contributed by atoms with Crippen molar-refractivity contribution in [3.63, 3.8) is 0 Å². The van der Waals surface area contributed by atoms with E-state index >= 15 is 0 Å². The van der Waals surface area contributed by atoms with Crippen LogP contribution in [0.4, 0.5) is 34.1 Å². The molecule has 2 aromatic heterocycles. The van der Waals surface area contributed by atoms with Crippen LogP contribution in [0.2, 0.25) is 0 Å². The molecule has 0 aliphatic heterocycles. The zero-order valence-electron chi connectivity index (χ0n) is 35.3. The van der Waals surface area contributed by atoms with E-state index in [0.717, 1.165) is 78.0 Å². The molecule has 4 nitrogen and oxygen atoms in total. The molecular formula is C61H40N2O2. The summed E-state index contributed by atoms with van der Waals surface area (Å²) < 4.78 is 13.3. The average Bonchev–Trinajstić information content (AvgIpc) is 4.04. The van der Waals surface area contributed by atoms with E-state index in [2.05, 4.69) is 240 Å². The van der Waals surface area contributed by atoms with E-state index in [9.17, 15) is 0 Å². The van der Waals surface area contributed by atoms with E-state index in [-0.39, 0.29) is 0 Å². The minimum Gasteiger partial charge on any atom is -0.456 e. The smallest absolute Gasteiger partial charge is 0.137 e. The average molecular weight is 833 g/mol. The van der Waals surface area contributed by atoms with Crippen LogP contribution < -0.4 is 9.80 Å². The minimum absolute atomic E-state index is 0.559. The number of anilines is 6. The van der Waals surface area contributed by atoms with Gasteiger partial charge in [-0.15, -0.1) is 0 Å². The number of nitrogens with zero attached hydrogens (tertiary/aromatic N) is 2. The molecule has 0 atom stereocenters. The maximum atomic E-state index is 6.71. The molecule has 0 amide bonds. The van der Waals surface area contributed by atoms with Crippen LogP contribution >= 0.6 is 0 Å². The Labute approximate surface area is 376 Å². The zero-order valence-corrected chi connectivity index (χ0v) is 35.3. The number of furan rings is 2. The maximum Gasteiger partial charge on any atom is 0.137 e. The van der Waals surface area contributed by atoms with Gasteiger partial charge in [0.2, 0.25) is 0 Å². The van der Waals surface area contributed by atoms with Crippen molar-refractivity contribution in [2.24, 2.45) is 0 Å². The molecule has 12 aromatic rings. The lowest BCUT2D eigenvalue weighted by Gasteiger charge is -2.35. The van der Waals surface area contributed by atoms with Crippen LogP contribution in [0.5, 0.6) is 0 Å². The molecule has 1 aliphatic rings. The molecule has 0 saturated heterocycles. The molecule has 2 heterocycles. The summed E-state index contributed by atoms with van der Waals surface area (Å²) in [5, 5.41) is 4.25. The van der Waals surface area contributed by atoms with Gasteiger partial charge < -0.3 is 18.6 Å². The number of benzene rings is 10. The maximum absolute atomic E-state index is 6.71. The highest BCUT2D eigenvalue weighted by Crippen LogP contribution is 2.57. The van der Waals surface area contributed by atoms with E-state index in [4.69, 9.17) is 8.83 Å². The standard InChI is InChI=1S/C61H40N2O2/c1-4-18-41(19-5-1)61(53-29-13-10-26-48(53)49-27-11-14-30-54(49)61)42-20-16-25-45(38-42)62(47-34-36-51-50-28-12-15-32-56(50)65-59(51)40-47)46-35-37-57-52(39-46)60-55(31-17-33-58(60)64-57)63(43-21-6-2-7-22-43)44-23-8-3-9-24-44/h1-40H. The third-order valence-electron chi connectivity index (χ3n) is 13.3. The normalized spacial score (nSPS) is 12.7. The highest BCUT2D eigenvalue weighted by Gasteiger charge is 2.46. The van der Waals surface area contributed by atoms with Crippen molar-refractivity contribution in [2.75, 3.05) is 9.80 Å². The predicted octanol–water partition coefficient (Wildman–Crippen LogP) is 16.8. The van der Waals surface area contributed by atoms with Crippen LogP contribution in [0.25, 0.3) is 55.0 Å². The Bertz CT molecular complexity index is 3650. The monoisotopic (exact) mass is 832 g/mol. The molecule has 306 valence electrons. The fourth-order valence-corrected chi connectivity index (χ4v) is 10.6. The van der Waals surface area contributed by atoms with Crippen molar-refractivity contribution in [2.45, 2.75) is 5.41 Å². The molecule has 13 rings (SSSR count). The Morgan fingerprint density at radius 1 is 0.292 bits per heavy atom. The first kappa shape index (κ1) is 37.0. The van der Waals surface area contributed by atoms with Gasteiger partial charge in [0.25, 0.3) is 0 Å². The molecule has 0 saturated carbocycles. The second-order valence-corrected chi connectivity index (χ2v) is 16.8. The van der Waals surface area contributed by atoms with Crippen LogP contribution in [0, 0.1) is 0 Å². The summed E-state index contributed by atoms with van der Waals surface area (Å²) in [6.07, 6.45) is 0. The van der Waals surface area contributed by atoms with E-state index < -0.39 is 5.41 Å². The zero-order chi connectivity index (χ0) is 42.9. The van der Waals surface area contributed by atoms with Crippen LogP contribution in [-0.4, -0.2) is 0 Å². The summed E-state index contributed by atoms with van der Waals surface area (Å²) >= 11 is 0. The minimum atomic E-state index is -0.559. The molecule has 10 aromatic carbocycles. The van der Waals surface area contributed by atoms with E-state index in [1.54, 1.807) is 0 Å². The van der Waals surface area contributed by atoms with Gasteiger partial charge in [0.15, 0.2) is 0 Å². The third-order valence-corrected chi connectivity index (χ3v) is 13.3. The van der Waals surface area contributed by atoms with Crippen molar-refractivity contribution in [3.8, 4) is 11.1 Å². The van der Waals surface area contributed by atoms with Crippen molar-refractivity contribution in [1.82, 2.24) is 0 Å². The fraction of sp³-hybridized carbons (Fsp3) is 0.0164. The Kier molecular flexibility index (Phi) is 8.40. The highest BCUT2D eigenvalue weighted by atomic mass is 16.3. The fourth-order valence-electron chi connectivity index (χ4n) is 10.6. The first-order chi connectivity index (χ1) is 32.2. The summed E-state index contributed by atoms with van der Waals surface area (Å²) in [6.45, 7) is 0. The van der Waals surface area contributed by atoms with Gasteiger partial charge in [0.1, 0.15) is 22.3 Å². The van der Waals surface area contributed by atoms with E-state index in [1.165, 1.54) is 33.4 Å². The van der Waals surface area contributed by atoms with Gasteiger partial charge in [0.05, 0.1) is 16.5 Å². The summed E-state index contributed by atoms with van der Waals surface area (Å²) in [5.41, 5.74) is 16.5. The molecule has 65 heavy (non-hydrogen) atoms. The third kappa shape index (κ3) is 5.71. The first-order valence-corrected chi connectivity index (χ1v) is 22.2. The predicted molar refractivity (Wildman–Crippen MR) is 268 cm³/mol. The molecule has 0 fully saturated rings. The molecule has 4 heteroatoms. The number of para-hydroxylation sites is 3. The number of hydrogen-bond acceptors (Lipinski definition) is 4. The Morgan fingerprint density at radius 3 is 1.54 bits per heavy atom. The molecule has 1 aliphatic carbocycles. The molecule has 0 spiro atoms. The summed E-state index contributed by atoms with van der Waals surface area (Å²) in [5.74, 6) is 0. The van der Waals surface area contributed by atoms with Crippen molar-refractivity contribution < 1.29 is 8.83 Å². The quantitative estimate of drug-likeness (QED) is 0.153. The lowest BCUT2D eigenvalue weighted by Crippen LogP contribution is -2.28. The van der Waals surface area contributed by atoms with Crippen molar-refractivity contribution >= 4 is 78.0 Å². The summed E-state index contributed by atoms with van der Waals surface area (Å²) in [4.78, 5) is 4.69. The van der Waals surface area contributed by atoms with E-state index in [0.29, 0.717) is 0 Å². The second kappa shape index (κ2) is 14.8. The number of fused-ring (bicyclic) bond motifs is 9. The Hall–Kier alpha value is -8.60. The molecule has 0 unspecified atom stereocenters. The lowest BCUT2D eigenvalue weighted by molar-refractivity contribution is 0.668. The van der Waals surface area contributed by atoms with E-state index in [1.807, 2.05) is 12.1 Å². The molecule has 0 bridgehead atoms. The topological polar surface area (TPSA) is 32.8 Å². The van der Waals surface area contributed by atoms with Crippen LogP contribution in [0.1, 0.15) is 22.3 Å². The SMILES string of the molecule is c1ccc(N(c2ccccc2)c2cccc3oc4ccc(N(c5cccc(C6(c7ccccc7)c7ccccc7-c7ccccc76)c5)c5ccc6c(c5)oc5ccccc56)cc4c23)cc1. The lowest BCUT2D eigenvalue weighted by atomic mass is 9.67. The summed E-state index contributed by atoms with van der Waals surface area (Å²) in [7, 11) is 0. The largest absolute Gasteiger partial charge is 0.456 e. The Balaban J connectivity index is 1.06. The molecule has 0 radical (unpaired) electrons. The molecule has 0 N–H and O–H groups in total. The van der Waals surface area contributed by atoms with Gasteiger partial charge in [-0.1, -0.05) is 152 Å². The summed E-state index contributed by atoms with van der Waals surface area (Å²) in [6, 6.07) is 86.9. The van der Waals surface area contributed by atoms with Crippen molar-refractivity contribution in [3.05, 3.63) is 265 Å². The number of rotatable bonds is 8. The first-order valence-electron chi connectivity index (χ1n) is 22.2. The molecular weight excluding hydrogens is 793 g/mol.